The first kappa shape index (κ1) is 18.2. The average molecular weight is 299 g/mol. The van der Waals surface area contributed by atoms with E-state index in [0.717, 1.165) is 25.7 Å². The van der Waals surface area contributed by atoms with Crippen LogP contribution in [0.3, 0.4) is 0 Å². The molecule has 0 aromatic rings. The van der Waals surface area contributed by atoms with E-state index in [1.54, 1.807) is 6.20 Å². The van der Waals surface area contributed by atoms with Gasteiger partial charge in [-0.3, -0.25) is 4.79 Å². The molecule has 0 bridgehead atoms. The van der Waals surface area contributed by atoms with Gasteiger partial charge in [-0.2, -0.15) is 0 Å². The number of nitrogens with one attached hydrogen (secondary N) is 1. The van der Waals surface area contributed by atoms with Crippen LogP contribution in [0.1, 0.15) is 52.9 Å². The highest BCUT2D eigenvalue weighted by Crippen LogP contribution is 2.33. The Labute approximate surface area is 135 Å². The second-order valence-corrected chi connectivity index (χ2v) is 5.86. The number of carbonyl (C=O) groups is 1. The first-order chi connectivity index (χ1) is 10.5. The second kappa shape index (κ2) is 9.24. The Morgan fingerprint density at radius 3 is 2.68 bits per heavy atom. The van der Waals surface area contributed by atoms with Gasteiger partial charge in [-0.05, 0) is 54.5 Å². The molecular weight excluding hydrogens is 270 g/mol. The van der Waals surface area contributed by atoms with Crippen molar-refractivity contribution in [2.24, 2.45) is 5.92 Å². The van der Waals surface area contributed by atoms with Crippen LogP contribution in [0.5, 0.6) is 0 Å². The van der Waals surface area contributed by atoms with Gasteiger partial charge in [-0.25, -0.2) is 0 Å². The summed E-state index contributed by atoms with van der Waals surface area (Å²) in [4.78, 5) is 11.1. The molecule has 1 unspecified atom stereocenters. The SMILES string of the molecule is C=C(CC)C1=CC=C(C(C)CC/C=C/NC(=O)CC)CC1=C. The molecule has 0 saturated heterocycles. The fourth-order valence-electron chi connectivity index (χ4n) is 2.47. The summed E-state index contributed by atoms with van der Waals surface area (Å²) in [6, 6.07) is 0. The van der Waals surface area contributed by atoms with Crippen molar-refractivity contribution in [3.8, 4) is 0 Å². The molecule has 0 radical (unpaired) electrons. The topological polar surface area (TPSA) is 29.1 Å². The first-order valence-corrected chi connectivity index (χ1v) is 8.20. The zero-order valence-corrected chi connectivity index (χ0v) is 14.2. The van der Waals surface area contributed by atoms with Crippen LogP contribution in [-0.2, 0) is 4.79 Å². The molecule has 1 atom stereocenters. The van der Waals surface area contributed by atoms with Crippen LogP contribution in [0.4, 0.5) is 0 Å². The van der Waals surface area contributed by atoms with E-state index in [1.165, 1.54) is 22.3 Å². The van der Waals surface area contributed by atoms with Gasteiger partial charge in [0.25, 0.3) is 0 Å². The minimum Gasteiger partial charge on any atom is -0.333 e. The van der Waals surface area contributed by atoms with Crippen molar-refractivity contribution >= 4 is 5.91 Å². The van der Waals surface area contributed by atoms with Crippen molar-refractivity contribution in [1.82, 2.24) is 5.32 Å². The number of rotatable bonds is 8. The van der Waals surface area contributed by atoms with Crippen molar-refractivity contribution in [3.05, 3.63) is 59.9 Å². The van der Waals surface area contributed by atoms with Crippen LogP contribution in [0.15, 0.2) is 59.9 Å². The highest BCUT2D eigenvalue weighted by Gasteiger charge is 2.16. The number of amides is 1. The molecule has 0 aromatic heterocycles. The van der Waals surface area contributed by atoms with E-state index in [2.05, 4.69) is 44.5 Å². The summed E-state index contributed by atoms with van der Waals surface area (Å²) in [6.45, 7) is 14.5. The second-order valence-electron chi connectivity index (χ2n) is 5.86. The fraction of sp³-hybridized carbons (Fsp3) is 0.450. The van der Waals surface area contributed by atoms with Crippen LogP contribution < -0.4 is 5.32 Å². The summed E-state index contributed by atoms with van der Waals surface area (Å²) in [7, 11) is 0. The Balaban J connectivity index is 2.50. The summed E-state index contributed by atoms with van der Waals surface area (Å²) < 4.78 is 0. The smallest absolute Gasteiger partial charge is 0.223 e. The summed E-state index contributed by atoms with van der Waals surface area (Å²) in [5.41, 5.74) is 5.01. The Morgan fingerprint density at radius 2 is 2.09 bits per heavy atom. The number of allylic oxidation sites excluding steroid dienone is 7. The molecule has 1 aliphatic carbocycles. The van der Waals surface area contributed by atoms with Crippen molar-refractivity contribution in [2.75, 3.05) is 0 Å². The van der Waals surface area contributed by atoms with E-state index in [4.69, 9.17) is 0 Å². The summed E-state index contributed by atoms with van der Waals surface area (Å²) in [5, 5.41) is 2.75. The molecule has 0 aliphatic heterocycles. The maximum atomic E-state index is 11.1. The molecular formula is C20H29NO. The molecule has 0 aromatic carbocycles. The summed E-state index contributed by atoms with van der Waals surface area (Å²) >= 11 is 0. The predicted octanol–water partition coefficient (Wildman–Crippen LogP) is 5.22. The summed E-state index contributed by atoms with van der Waals surface area (Å²) in [5.74, 6) is 0.584. The van der Waals surface area contributed by atoms with Crippen LogP contribution in [0, 0.1) is 5.92 Å². The molecule has 2 heteroatoms. The Bertz CT molecular complexity index is 520. The minimum absolute atomic E-state index is 0.0596. The molecule has 22 heavy (non-hydrogen) atoms. The minimum atomic E-state index is 0.0596. The third kappa shape index (κ3) is 5.51. The van der Waals surface area contributed by atoms with Crippen LogP contribution in [0.2, 0.25) is 0 Å². The van der Waals surface area contributed by atoms with Gasteiger partial charge in [0.2, 0.25) is 5.91 Å². The maximum Gasteiger partial charge on any atom is 0.223 e. The molecule has 0 spiro atoms. The van der Waals surface area contributed by atoms with Gasteiger partial charge in [-0.15, -0.1) is 0 Å². The van der Waals surface area contributed by atoms with Gasteiger partial charge in [0.15, 0.2) is 0 Å². The lowest BCUT2D eigenvalue weighted by molar-refractivity contribution is -0.119. The number of carbonyl (C=O) groups excluding carboxylic acids is 1. The highest BCUT2D eigenvalue weighted by molar-refractivity contribution is 5.76. The monoisotopic (exact) mass is 299 g/mol. The molecule has 2 nitrogen and oxygen atoms in total. The predicted molar refractivity (Wildman–Crippen MR) is 95.3 cm³/mol. The van der Waals surface area contributed by atoms with Crippen LogP contribution in [-0.4, -0.2) is 5.91 Å². The maximum absolute atomic E-state index is 11.1. The number of hydrogen-bond acceptors (Lipinski definition) is 1. The third-order valence-electron chi connectivity index (χ3n) is 4.15. The van der Waals surface area contributed by atoms with E-state index in [0.29, 0.717) is 12.3 Å². The Hall–Kier alpha value is -1.83. The van der Waals surface area contributed by atoms with Crippen molar-refractivity contribution in [2.45, 2.75) is 52.9 Å². The lowest BCUT2D eigenvalue weighted by Gasteiger charge is -2.22. The van der Waals surface area contributed by atoms with E-state index >= 15 is 0 Å². The highest BCUT2D eigenvalue weighted by atomic mass is 16.1. The van der Waals surface area contributed by atoms with E-state index in [-0.39, 0.29) is 5.91 Å². The zero-order valence-electron chi connectivity index (χ0n) is 14.2. The van der Waals surface area contributed by atoms with Gasteiger partial charge < -0.3 is 5.32 Å². The average Bonchev–Trinajstić information content (AvgIpc) is 2.53. The first-order valence-electron chi connectivity index (χ1n) is 8.20. The molecule has 1 amide bonds. The largest absolute Gasteiger partial charge is 0.333 e. The number of hydrogen-bond donors (Lipinski definition) is 1. The van der Waals surface area contributed by atoms with Gasteiger partial charge >= 0.3 is 0 Å². The zero-order chi connectivity index (χ0) is 16.5. The molecule has 1 rings (SSSR count). The van der Waals surface area contributed by atoms with E-state index in [1.807, 2.05) is 13.0 Å². The molecule has 0 saturated carbocycles. The molecule has 0 heterocycles. The fourth-order valence-corrected chi connectivity index (χ4v) is 2.47. The molecule has 0 fully saturated rings. The van der Waals surface area contributed by atoms with Crippen LogP contribution in [0.25, 0.3) is 0 Å². The van der Waals surface area contributed by atoms with Gasteiger partial charge in [0.1, 0.15) is 0 Å². The standard InChI is InChI=1S/C20H29NO/c1-6-15(3)19-12-11-18(14-17(19)5)16(4)10-8-9-13-21-20(22)7-2/h9,11-13,16H,3,5-8,10,14H2,1-2,4H3,(H,21,22)/b13-9+. The molecule has 1 N–H and O–H groups in total. The third-order valence-corrected chi connectivity index (χ3v) is 4.15. The van der Waals surface area contributed by atoms with E-state index in [9.17, 15) is 4.79 Å². The van der Waals surface area contributed by atoms with E-state index < -0.39 is 0 Å². The lowest BCUT2D eigenvalue weighted by Crippen LogP contribution is -2.14. The van der Waals surface area contributed by atoms with Crippen LogP contribution >= 0.6 is 0 Å². The van der Waals surface area contributed by atoms with Gasteiger partial charge in [0, 0.05) is 6.42 Å². The van der Waals surface area contributed by atoms with Crippen molar-refractivity contribution < 1.29 is 4.79 Å². The lowest BCUT2D eigenvalue weighted by atomic mass is 9.83. The molecule has 1 aliphatic rings. The van der Waals surface area contributed by atoms with Gasteiger partial charge in [0.05, 0.1) is 0 Å². The molecule has 120 valence electrons. The van der Waals surface area contributed by atoms with Crippen molar-refractivity contribution in [3.63, 3.8) is 0 Å². The normalized spacial score (nSPS) is 16.2. The summed E-state index contributed by atoms with van der Waals surface area (Å²) in [6.07, 6.45) is 12.7. The Morgan fingerprint density at radius 1 is 1.36 bits per heavy atom. The Kier molecular flexibility index (Phi) is 7.65. The van der Waals surface area contributed by atoms with Gasteiger partial charge in [-0.1, -0.05) is 57.7 Å². The quantitative estimate of drug-likeness (QED) is 0.654. The van der Waals surface area contributed by atoms with Crippen molar-refractivity contribution in [1.29, 1.82) is 0 Å².